The highest BCUT2D eigenvalue weighted by atomic mass is 16.5. The Morgan fingerprint density at radius 1 is 1.24 bits per heavy atom. The van der Waals surface area contributed by atoms with E-state index in [1.807, 2.05) is 6.92 Å². The SMILES string of the molecule is CCC(NC(=O)C(CC(=O)N1CCOCC1)CC1CCCCC1)C(O)c1nc2ncccc2o1. The summed E-state index contributed by atoms with van der Waals surface area (Å²) < 4.78 is 11.0. The summed E-state index contributed by atoms with van der Waals surface area (Å²) >= 11 is 0. The molecular formula is C25H36N4O5. The first-order valence-electron chi connectivity index (χ1n) is 12.6. The number of aliphatic hydroxyl groups excluding tert-OH is 1. The van der Waals surface area contributed by atoms with E-state index in [1.165, 1.54) is 19.3 Å². The molecule has 0 bridgehead atoms. The molecule has 186 valence electrons. The molecule has 4 rings (SSSR count). The van der Waals surface area contributed by atoms with Gasteiger partial charge < -0.3 is 24.5 Å². The third kappa shape index (κ3) is 6.13. The lowest BCUT2D eigenvalue weighted by Gasteiger charge is -2.31. The van der Waals surface area contributed by atoms with E-state index in [0.29, 0.717) is 56.3 Å². The lowest BCUT2D eigenvalue weighted by molar-refractivity contribution is -0.140. The molecule has 2 aliphatic rings. The maximum absolute atomic E-state index is 13.4. The van der Waals surface area contributed by atoms with Crippen molar-refractivity contribution in [1.29, 1.82) is 0 Å². The van der Waals surface area contributed by atoms with Gasteiger partial charge in [0.25, 0.3) is 0 Å². The van der Waals surface area contributed by atoms with Crippen LogP contribution in [0.2, 0.25) is 0 Å². The van der Waals surface area contributed by atoms with Gasteiger partial charge in [0.2, 0.25) is 17.7 Å². The lowest BCUT2D eigenvalue weighted by Crippen LogP contribution is -2.46. The van der Waals surface area contributed by atoms with Crippen LogP contribution in [0.1, 0.15) is 70.3 Å². The van der Waals surface area contributed by atoms with Gasteiger partial charge in [-0.25, -0.2) is 4.98 Å². The number of carbonyl (C=O) groups is 2. The maximum Gasteiger partial charge on any atom is 0.228 e. The molecule has 3 unspecified atom stereocenters. The minimum atomic E-state index is -1.10. The van der Waals surface area contributed by atoms with E-state index in [4.69, 9.17) is 9.15 Å². The molecule has 1 aliphatic heterocycles. The molecule has 9 nitrogen and oxygen atoms in total. The number of rotatable bonds is 9. The molecule has 2 aromatic heterocycles. The Morgan fingerprint density at radius 2 is 2.00 bits per heavy atom. The van der Waals surface area contributed by atoms with Gasteiger partial charge in [0.1, 0.15) is 0 Å². The molecule has 3 heterocycles. The molecule has 2 aromatic rings. The molecule has 2 fully saturated rings. The number of aliphatic hydroxyl groups is 1. The zero-order valence-corrected chi connectivity index (χ0v) is 19.9. The standard InChI is InChI=1S/C25H36N4O5/c1-2-19(22(31)25-28-23-20(34-25)9-6-10-26-23)27-24(32)18(15-17-7-4-3-5-8-17)16-21(30)29-11-13-33-14-12-29/h6,9-10,17-19,22,31H,2-5,7-8,11-16H2,1H3,(H,27,32). The molecule has 0 aromatic carbocycles. The van der Waals surface area contributed by atoms with Crippen molar-refractivity contribution in [3.05, 3.63) is 24.2 Å². The van der Waals surface area contributed by atoms with Crippen LogP contribution in [0.5, 0.6) is 0 Å². The first kappa shape index (κ1) is 24.6. The quantitative estimate of drug-likeness (QED) is 0.576. The van der Waals surface area contributed by atoms with Gasteiger partial charge in [-0.1, -0.05) is 39.0 Å². The number of aromatic nitrogens is 2. The normalized spacial score (nSPS) is 20.1. The van der Waals surface area contributed by atoms with Crippen LogP contribution in [0, 0.1) is 11.8 Å². The fourth-order valence-corrected chi connectivity index (χ4v) is 5.05. The van der Waals surface area contributed by atoms with E-state index in [2.05, 4.69) is 15.3 Å². The molecule has 1 saturated carbocycles. The van der Waals surface area contributed by atoms with Crippen molar-refractivity contribution in [2.24, 2.45) is 11.8 Å². The molecule has 34 heavy (non-hydrogen) atoms. The maximum atomic E-state index is 13.4. The first-order valence-corrected chi connectivity index (χ1v) is 12.6. The molecule has 3 atom stereocenters. The van der Waals surface area contributed by atoms with Crippen molar-refractivity contribution in [3.8, 4) is 0 Å². The molecule has 1 saturated heterocycles. The second-order valence-corrected chi connectivity index (χ2v) is 9.48. The van der Waals surface area contributed by atoms with Gasteiger partial charge in [-0.15, -0.1) is 0 Å². The lowest BCUT2D eigenvalue weighted by atomic mass is 9.81. The van der Waals surface area contributed by atoms with Crippen LogP contribution in [-0.4, -0.2) is 64.1 Å². The Hall–Kier alpha value is -2.52. The van der Waals surface area contributed by atoms with Crippen LogP contribution in [-0.2, 0) is 14.3 Å². The Morgan fingerprint density at radius 3 is 2.71 bits per heavy atom. The fourth-order valence-electron chi connectivity index (χ4n) is 5.05. The predicted molar refractivity (Wildman–Crippen MR) is 126 cm³/mol. The summed E-state index contributed by atoms with van der Waals surface area (Å²) in [5.41, 5.74) is 0.910. The van der Waals surface area contributed by atoms with Gasteiger partial charge in [0.15, 0.2) is 17.3 Å². The summed E-state index contributed by atoms with van der Waals surface area (Å²) in [4.78, 5) is 36.6. The third-order valence-electron chi connectivity index (χ3n) is 7.08. The van der Waals surface area contributed by atoms with Crippen molar-refractivity contribution < 1.29 is 23.8 Å². The number of ether oxygens (including phenoxy) is 1. The highest BCUT2D eigenvalue weighted by Gasteiger charge is 2.32. The Labute approximate surface area is 200 Å². The summed E-state index contributed by atoms with van der Waals surface area (Å²) in [6.07, 6.45) is 7.68. The summed E-state index contributed by atoms with van der Waals surface area (Å²) in [6.45, 7) is 4.10. The van der Waals surface area contributed by atoms with E-state index < -0.39 is 18.1 Å². The third-order valence-corrected chi connectivity index (χ3v) is 7.08. The zero-order valence-electron chi connectivity index (χ0n) is 19.9. The molecule has 2 N–H and O–H groups in total. The number of morpholine rings is 1. The highest BCUT2D eigenvalue weighted by molar-refractivity contribution is 5.86. The van der Waals surface area contributed by atoms with E-state index in [9.17, 15) is 14.7 Å². The number of nitrogens with one attached hydrogen (secondary N) is 1. The smallest absolute Gasteiger partial charge is 0.228 e. The van der Waals surface area contributed by atoms with Gasteiger partial charge in [0.05, 0.1) is 19.3 Å². The van der Waals surface area contributed by atoms with Crippen LogP contribution in [0.25, 0.3) is 11.2 Å². The first-order chi connectivity index (χ1) is 16.5. The summed E-state index contributed by atoms with van der Waals surface area (Å²) in [5.74, 6) is -0.0284. The largest absolute Gasteiger partial charge is 0.436 e. The molecule has 0 spiro atoms. The number of nitrogens with zero attached hydrogens (tertiary/aromatic N) is 3. The summed E-state index contributed by atoms with van der Waals surface area (Å²) in [5, 5.41) is 13.9. The van der Waals surface area contributed by atoms with E-state index in [1.54, 1.807) is 23.2 Å². The number of fused-ring (bicyclic) bond motifs is 1. The minimum absolute atomic E-state index is 0.00196. The summed E-state index contributed by atoms with van der Waals surface area (Å²) in [6, 6.07) is 2.90. The molecule has 9 heteroatoms. The average molecular weight is 473 g/mol. The number of hydrogen-bond donors (Lipinski definition) is 2. The number of amides is 2. The van der Waals surface area contributed by atoms with Crippen LogP contribution in [0.15, 0.2) is 22.7 Å². The van der Waals surface area contributed by atoms with Gasteiger partial charge in [0, 0.05) is 31.6 Å². The Kier molecular flexibility index (Phi) is 8.50. The molecule has 0 radical (unpaired) electrons. The Bertz CT molecular complexity index is 919. The van der Waals surface area contributed by atoms with Gasteiger partial charge in [-0.05, 0) is 30.9 Å². The average Bonchev–Trinajstić information content (AvgIpc) is 3.32. The van der Waals surface area contributed by atoms with Crippen LogP contribution in [0.3, 0.4) is 0 Å². The predicted octanol–water partition coefficient (Wildman–Crippen LogP) is 2.99. The van der Waals surface area contributed by atoms with Crippen molar-refractivity contribution in [3.63, 3.8) is 0 Å². The highest BCUT2D eigenvalue weighted by Crippen LogP contribution is 2.31. The number of pyridine rings is 1. The van der Waals surface area contributed by atoms with Gasteiger partial charge in [-0.2, -0.15) is 4.98 Å². The van der Waals surface area contributed by atoms with Gasteiger partial charge >= 0.3 is 0 Å². The van der Waals surface area contributed by atoms with Gasteiger partial charge in [-0.3, -0.25) is 9.59 Å². The van der Waals surface area contributed by atoms with Crippen LogP contribution in [0.4, 0.5) is 0 Å². The fraction of sp³-hybridized carbons (Fsp3) is 0.680. The topological polar surface area (TPSA) is 118 Å². The number of oxazole rings is 1. The molecular weight excluding hydrogens is 436 g/mol. The second kappa shape index (κ2) is 11.8. The minimum Gasteiger partial charge on any atom is -0.436 e. The number of carbonyl (C=O) groups excluding carboxylic acids is 2. The molecule has 1 aliphatic carbocycles. The summed E-state index contributed by atoms with van der Waals surface area (Å²) in [7, 11) is 0. The molecule has 2 amide bonds. The van der Waals surface area contributed by atoms with E-state index in [0.717, 1.165) is 12.8 Å². The van der Waals surface area contributed by atoms with E-state index >= 15 is 0 Å². The van der Waals surface area contributed by atoms with Crippen molar-refractivity contribution in [2.75, 3.05) is 26.3 Å². The van der Waals surface area contributed by atoms with Crippen molar-refractivity contribution >= 4 is 23.0 Å². The Balaban J connectivity index is 1.44. The van der Waals surface area contributed by atoms with E-state index in [-0.39, 0.29) is 24.1 Å². The van der Waals surface area contributed by atoms with Crippen LogP contribution < -0.4 is 5.32 Å². The number of hydrogen-bond acceptors (Lipinski definition) is 7. The second-order valence-electron chi connectivity index (χ2n) is 9.48. The van der Waals surface area contributed by atoms with Crippen molar-refractivity contribution in [1.82, 2.24) is 20.2 Å². The van der Waals surface area contributed by atoms with Crippen molar-refractivity contribution in [2.45, 2.75) is 70.4 Å². The monoisotopic (exact) mass is 472 g/mol. The van der Waals surface area contributed by atoms with Crippen LogP contribution >= 0.6 is 0 Å². The zero-order chi connectivity index (χ0) is 23.9.